The van der Waals surface area contributed by atoms with Crippen molar-refractivity contribution in [2.45, 2.75) is 57.2 Å². The number of carbonyl (C=O) groups excluding carboxylic acids is 2. The lowest BCUT2D eigenvalue weighted by molar-refractivity contribution is -0.134. The number of hydrogen-bond acceptors (Lipinski definition) is 10. The number of nitrogens with one attached hydrogen (secondary N) is 2. The number of imide groups is 1. The van der Waals surface area contributed by atoms with Crippen molar-refractivity contribution >= 4 is 50.8 Å². The number of benzene rings is 2. The molecule has 0 saturated carbocycles. The summed E-state index contributed by atoms with van der Waals surface area (Å²) in [5.41, 5.74) is 3.90. The number of rotatable bonds is 11. The molecule has 3 aromatic heterocycles. The second kappa shape index (κ2) is 17.9. The van der Waals surface area contributed by atoms with Crippen LogP contribution in [0.5, 0.6) is 0 Å². The molecule has 3 atom stereocenters. The van der Waals surface area contributed by atoms with Gasteiger partial charge in [0, 0.05) is 117 Å². The quantitative estimate of drug-likeness (QED) is 0.142. The standard InChI is InChI=1S/C45H49ClF2N10O4S/c1-29-25-56(21-20-55(29)26-30-12-17-54(18-13-30)41-8-2-32(24-50-41)37-7-9-42(59)51-45(37)60)35-3-5-36(6-4-35)58-28-39(44(52-58)31-10-15-49-16-11-31)38-22-33(46)23-40(43(38)48)53-63(61,62)57-19-14-34(47)27-57/h2-6,8,10-11,15-16,22-24,28-30,34,37,53H,7,9,12-14,17-21,25-27H2,1H3,(H,51,59,60)/t29-,34-,37?/m1/s1. The zero-order valence-corrected chi connectivity index (χ0v) is 36.4. The van der Waals surface area contributed by atoms with Gasteiger partial charge in [-0.05, 0) is 98.7 Å². The summed E-state index contributed by atoms with van der Waals surface area (Å²) in [4.78, 5) is 40.0. The van der Waals surface area contributed by atoms with Gasteiger partial charge in [-0.1, -0.05) is 17.7 Å². The van der Waals surface area contributed by atoms with Crippen LogP contribution in [0.4, 0.5) is 26.0 Å². The summed E-state index contributed by atoms with van der Waals surface area (Å²) in [6, 6.07) is 18.6. The van der Waals surface area contributed by atoms with Gasteiger partial charge >= 0.3 is 10.2 Å². The number of piperazine rings is 1. The van der Waals surface area contributed by atoms with Crippen molar-refractivity contribution in [1.82, 2.24) is 34.3 Å². The molecule has 0 aliphatic carbocycles. The summed E-state index contributed by atoms with van der Waals surface area (Å²) < 4.78 is 61.4. The van der Waals surface area contributed by atoms with Gasteiger partial charge in [-0.2, -0.15) is 17.8 Å². The monoisotopic (exact) mass is 898 g/mol. The molecule has 18 heteroatoms. The van der Waals surface area contributed by atoms with Crippen molar-refractivity contribution in [3.63, 3.8) is 0 Å². The summed E-state index contributed by atoms with van der Waals surface area (Å²) in [5, 5.41) is 7.42. The van der Waals surface area contributed by atoms with Crippen LogP contribution in [0.25, 0.3) is 28.1 Å². The molecule has 9 rings (SSSR count). The highest BCUT2D eigenvalue weighted by Crippen LogP contribution is 2.39. The van der Waals surface area contributed by atoms with Gasteiger partial charge in [-0.25, -0.2) is 18.4 Å². The van der Waals surface area contributed by atoms with E-state index < -0.39 is 22.2 Å². The highest BCUT2D eigenvalue weighted by molar-refractivity contribution is 7.90. The molecule has 5 aromatic rings. The van der Waals surface area contributed by atoms with Crippen LogP contribution in [0.15, 0.2) is 85.5 Å². The Morgan fingerprint density at radius 2 is 1.63 bits per heavy atom. The van der Waals surface area contributed by atoms with Gasteiger partial charge in [0.1, 0.15) is 17.7 Å². The Kier molecular flexibility index (Phi) is 12.2. The number of hydrogen-bond donors (Lipinski definition) is 2. The summed E-state index contributed by atoms with van der Waals surface area (Å²) in [6.45, 7) is 7.59. The van der Waals surface area contributed by atoms with E-state index in [1.165, 1.54) is 12.1 Å². The summed E-state index contributed by atoms with van der Waals surface area (Å²) in [6.07, 6.45) is 8.53. The summed E-state index contributed by atoms with van der Waals surface area (Å²) >= 11 is 6.48. The van der Waals surface area contributed by atoms with Crippen molar-refractivity contribution in [3.8, 4) is 28.1 Å². The molecule has 0 spiro atoms. The number of amides is 2. The zero-order valence-electron chi connectivity index (χ0n) is 34.8. The van der Waals surface area contributed by atoms with Crippen LogP contribution < -0.4 is 19.8 Å². The lowest BCUT2D eigenvalue weighted by Crippen LogP contribution is -2.53. The van der Waals surface area contributed by atoms with Crippen LogP contribution in [0.3, 0.4) is 0 Å². The predicted molar refractivity (Wildman–Crippen MR) is 238 cm³/mol. The average Bonchev–Trinajstić information content (AvgIpc) is 3.94. The molecule has 2 amide bonds. The smallest absolute Gasteiger partial charge is 0.301 e. The van der Waals surface area contributed by atoms with Crippen molar-refractivity contribution in [2.24, 2.45) is 5.92 Å². The van der Waals surface area contributed by atoms with Gasteiger partial charge in [-0.3, -0.25) is 29.5 Å². The number of aromatic nitrogens is 4. The van der Waals surface area contributed by atoms with E-state index in [4.69, 9.17) is 21.7 Å². The first-order valence-electron chi connectivity index (χ1n) is 21.4. The molecule has 330 valence electrons. The second-order valence-electron chi connectivity index (χ2n) is 16.9. The topological polar surface area (TPSA) is 149 Å². The van der Waals surface area contributed by atoms with Gasteiger partial charge in [0.25, 0.3) is 0 Å². The van der Waals surface area contributed by atoms with Gasteiger partial charge in [0.2, 0.25) is 11.8 Å². The molecule has 0 bridgehead atoms. The van der Waals surface area contributed by atoms with Gasteiger partial charge < -0.3 is 9.80 Å². The molecule has 0 radical (unpaired) electrons. The largest absolute Gasteiger partial charge is 0.369 e. The molecule has 63 heavy (non-hydrogen) atoms. The van der Waals surface area contributed by atoms with E-state index >= 15 is 4.39 Å². The SMILES string of the molecule is C[C@@H]1CN(c2ccc(-n3cc(-c4cc(Cl)cc(NS(=O)(=O)N5CC[C@@H](F)C5)c4F)c(-c4ccncc4)n3)cc2)CCN1CC1CCN(c2ccc(C3CCC(=O)NC3=O)cn2)CC1. The number of carbonyl (C=O) groups is 2. The molecular weight excluding hydrogens is 850 g/mol. The maximum Gasteiger partial charge on any atom is 0.301 e. The van der Waals surface area contributed by atoms with Crippen LogP contribution in [0.2, 0.25) is 5.02 Å². The van der Waals surface area contributed by atoms with Crippen molar-refractivity contribution in [2.75, 3.05) is 66.9 Å². The first kappa shape index (κ1) is 42.8. The van der Waals surface area contributed by atoms with Crippen molar-refractivity contribution in [1.29, 1.82) is 0 Å². The first-order valence-corrected chi connectivity index (χ1v) is 23.3. The Balaban J connectivity index is 0.839. The van der Waals surface area contributed by atoms with Gasteiger partial charge in [0.05, 0.1) is 17.3 Å². The summed E-state index contributed by atoms with van der Waals surface area (Å²) in [7, 11) is -4.24. The predicted octanol–water partition coefficient (Wildman–Crippen LogP) is 6.44. The highest BCUT2D eigenvalue weighted by Gasteiger charge is 2.34. The number of anilines is 3. The van der Waals surface area contributed by atoms with E-state index in [1.807, 2.05) is 24.3 Å². The second-order valence-corrected chi connectivity index (χ2v) is 19.0. The third-order valence-electron chi connectivity index (χ3n) is 12.8. The molecule has 7 heterocycles. The fourth-order valence-corrected chi connectivity index (χ4v) is 10.7. The molecule has 2 N–H and O–H groups in total. The fraction of sp³-hybridized carbons (Fsp3) is 0.400. The van der Waals surface area contributed by atoms with Crippen LogP contribution >= 0.6 is 11.6 Å². The molecule has 4 aliphatic heterocycles. The first-order chi connectivity index (χ1) is 30.4. The normalized spacial score (nSPS) is 21.8. The average molecular weight is 899 g/mol. The lowest BCUT2D eigenvalue weighted by atomic mass is 9.91. The minimum atomic E-state index is -4.24. The molecule has 2 aromatic carbocycles. The minimum Gasteiger partial charge on any atom is -0.369 e. The number of alkyl halides is 1. The van der Waals surface area contributed by atoms with E-state index in [2.05, 4.69) is 48.8 Å². The maximum absolute atomic E-state index is 16.4. The molecule has 4 fully saturated rings. The molecule has 1 unspecified atom stereocenters. The van der Waals surface area contributed by atoms with Crippen molar-refractivity contribution in [3.05, 3.63) is 102 Å². The van der Waals surface area contributed by atoms with E-state index in [0.717, 1.165) is 79.2 Å². The van der Waals surface area contributed by atoms with Crippen LogP contribution in [-0.4, -0.2) is 114 Å². The Morgan fingerprint density at radius 1 is 0.873 bits per heavy atom. The van der Waals surface area contributed by atoms with Crippen molar-refractivity contribution < 1.29 is 26.8 Å². The van der Waals surface area contributed by atoms with Crippen LogP contribution in [0, 0.1) is 11.7 Å². The number of halogens is 3. The third-order valence-corrected chi connectivity index (χ3v) is 14.5. The minimum absolute atomic E-state index is 0.00605. The van der Waals surface area contributed by atoms with Gasteiger partial charge in [-0.15, -0.1) is 0 Å². The van der Waals surface area contributed by atoms with E-state index in [9.17, 15) is 22.4 Å². The number of piperidine rings is 2. The number of nitrogens with zero attached hydrogens (tertiary/aromatic N) is 8. The zero-order chi connectivity index (χ0) is 43.8. The Labute approximate surface area is 370 Å². The molecule has 4 aliphatic rings. The maximum atomic E-state index is 16.4. The van der Waals surface area contributed by atoms with Gasteiger partial charge in [0.15, 0.2) is 5.82 Å². The Morgan fingerprint density at radius 3 is 2.32 bits per heavy atom. The Bertz CT molecular complexity index is 2580. The van der Waals surface area contributed by atoms with E-state index in [0.29, 0.717) is 41.6 Å². The Hall–Kier alpha value is -5.49. The van der Waals surface area contributed by atoms with Crippen LogP contribution in [-0.2, 0) is 19.8 Å². The fourth-order valence-electron chi connectivity index (χ4n) is 9.19. The third kappa shape index (κ3) is 9.28. The molecule has 14 nitrogen and oxygen atoms in total. The van der Waals surface area contributed by atoms with Crippen LogP contribution in [0.1, 0.15) is 50.5 Å². The number of pyridine rings is 2. The van der Waals surface area contributed by atoms with E-state index in [-0.39, 0.29) is 53.5 Å². The lowest BCUT2D eigenvalue weighted by Gasteiger charge is -2.43. The van der Waals surface area contributed by atoms with E-state index in [1.54, 1.807) is 41.6 Å². The summed E-state index contributed by atoms with van der Waals surface area (Å²) in [5.74, 6) is -0.123. The highest BCUT2D eigenvalue weighted by atomic mass is 35.5. The molecule has 4 saturated heterocycles. The molecular formula is C45H49ClF2N10O4S.